The van der Waals surface area contributed by atoms with Crippen LogP contribution in [-0.4, -0.2) is 0 Å². The van der Waals surface area contributed by atoms with Gasteiger partial charge in [-0.15, -0.1) is 0 Å². The fourth-order valence-corrected chi connectivity index (χ4v) is 1.93. The third-order valence-corrected chi connectivity index (χ3v) is 2.87. The molecule has 18 heavy (non-hydrogen) atoms. The lowest BCUT2D eigenvalue weighted by Crippen LogP contribution is -2.02. The lowest BCUT2D eigenvalue weighted by atomic mass is 9.98. The Kier molecular flexibility index (Phi) is 5.14. The van der Waals surface area contributed by atoms with Gasteiger partial charge >= 0.3 is 5.63 Å². The lowest BCUT2D eigenvalue weighted by molar-refractivity contribution is 0.557. The second kappa shape index (κ2) is 6.39. The van der Waals surface area contributed by atoms with Gasteiger partial charge in [-0.05, 0) is 29.5 Å². The molecule has 2 rings (SSSR count). The van der Waals surface area contributed by atoms with Crippen LogP contribution in [0.25, 0.3) is 11.0 Å². The average Bonchev–Trinajstić information content (AvgIpc) is 2.39. The van der Waals surface area contributed by atoms with Gasteiger partial charge in [0.15, 0.2) is 0 Å². The van der Waals surface area contributed by atoms with Crippen molar-refractivity contribution < 1.29 is 4.42 Å². The second-order valence-electron chi connectivity index (χ2n) is 4.36. The van der Waals surface area contributed by atoms with Gasteiger partial charge in [0.2, 0.25) is 0 Å². The van der Waals surface area contributed by atoms with E-state index >= 15 is 0 Å². The summed E-state index contributed by atoms with van der Waals surface area (Å²) in [6.45, 7) is 10.3. The fourth-order valence-electron chi connectivity index (χ4n) is 1.93. The first-order valence-corrected chi connectivity index (χ1v) is 6.68. The van der Waals surface area contributed by atoms with E-state index in [1.54, 1.807) is 6.07 Å². The summed E-state index contributed by atoms with van der Waals surface area (Å²) in [4.78, 5) is 11.4. The Labute approximate surface area is 109 Å². The molecule has 0 N–H and O–H groups in total. The summed E-state index contributed by atoms with van der Waals surface area (Å²) >= 11 is 0. The molecule has 0 unspecified atom stereocenters. The van der Waals surface area contributed by atoms with Gasteiger partial charge < -0.3 is 4.42 Å². The van der Waals surface area contributed by atoms with Crippen LogP contribution in [0, 0.1) is 0 Å². The Morgan fingerprint density at radius 2 is 1.83 bits per heavy atom. The predicted octanol–water partition coefficient (Wildman–Crippen LogP) is 4.51. The molecule has 1 aromatic carbocycles. The van der Waals surface area contributed by atoms with Gasteiger partial charge in [0, 0.05) is 11.5 Å². The highest BCUT2D eigenvalue weighted by molar-refractivity contribution is 5.81. The smallest absolute Gasteiger partial charge is 0.336 e. The maximum absolute atomic E-state index is 11.4. The zero-order valence-electron chi connectivity index (χ0n) is 11.9. The van der Waals surface area contributed by atoms with Gasteiger partial charge in [-0.25, -0.2) is 4.79 Å². The first-order valence-electron chi connectivity index (χ1n) is 6.68. The molecular weight excluding hydrogens is 224 g/mol. The Hall–Kier alpha value is -1.57. The Morgan fingerprint density at radius 3 is 2.39 bits per heavy atom. The van der Waals surface area contributed by atoms with Crippen LogP contribution in [0.3, 0.4) is 0 Å². The van der Waals surface area contributed by atoms with Gasteiger partial charge in [0.05, 0.1) is 0 Å². The van der Waals surface area contributed by atoms with Gasteiger partial charge in [-0.3, -0.25) is 0 Å². The third-order valence-electron chi connectivity index (χ3n) is 2.87. The summed E-state index contributed by atoms with van der Waals surface area (Å²) < 4.78 is 5.24. The monoisotopic (exact) mass is 246 g/mol. The summed E-state index contributed by atoms with van der Waals surface area (Å²) in [6, 6.07) is 7.70. The molecule has 2 nitrogen and oxygen atoms in total. The molecule has 0 radical (unpaired) electrons. The normalized spacial score (nSPS) is 10.3. The molecule has 0 bridgehead atoms. The first kappa shape index (κ1) is 14.5. The van der Waals surface area contributed by atoms with Crippen molar-refractivity contribution in [2.45, 2.75) is 47.0 Å². The zero-order chi connectivity index (χ0) is 13.7. The van der Waals surface area contributed by atoms with Gasteiger partial charge in [0.25, 0.3) is 0 Å². The maximum atomic E-state index is 11.4. The summed E-state index contributed by atoms with van der Waals surface area (Å²) in [5.41, 5.74) is 2.70. The van der Waals surface area contributed by atoms with Crippen LogP contribution in [0.4, 0.5) is 0 Å². The van der Waals surface area contributed by atoms with Crippen LogP contribution in [0.1, 0.15) is 51.7 Å². The first-order chi connectivity index (χ1) is 8.61. The van der Waals surface area contributed by atoms with Gasteiger partial charge in [-0.1, -0.05) is 46.8 Å². The number of rotatable bonds is 2. The van der Waals surface area contributed by atoms with Crippen LogP contribution in [0.5, 0.6) is 0 Å². The van der Waals surface area contributed by atoms with Crippen molar-refractivity contribution in [1.29, 1.82) is 0 Å². The standard InChI is InChI=1S/C14H16O2.C2H6/c1-4-10-5-6-11-12(9(2)3)8-14(15)16-13(11)7-10;1-2/h5-9H,4H2,1-3H3;1-2H3. The SMILES string of the molecule is CC.CCc1ccc2c(C(C)C)cc(=O)oc2c1. The average molecular weight is 246 g/mol. The highest BCUT2D eigenvalue weighted by atomic mass is 16.4. The molecule has 0 atom stereocenters. The van der Waals surface area contributed by atoms with Crippen molar-refractivity contribution >= 4 is 11.0 Å². The largest absolute Gasteiger partial charge is 0.423 e. The number of fused-ring (bicyclic) bond motifs is 1. The zero-order valence-corrected chi connectivity index (χ0v) is 11.9. The number of hydrogen-bond donors (Lipinski definition) is 0. The second-order valence-corrected chi connectivity index (χ2v) is 4.36. The van der Waals surface area contributed by atoms with E-state index in [-0.39, 0.29) is 5.63 Å². The highest BCUT2D eigenvalue weighted by Crippen LogP contribution is 2.24. The van der Waals surface area contributed by atoms with Gasteiger partial charge in [-0.2, -0.15) is 0 Å². The van der Waals surface area contributed by atoms with E-state index in [0.29, 0.717) is 11.5 Å². The van der Waals surface area contributed by atoms with Crippen LogP contribution in [0.15, 0.2) is 33.5 Å². The van der Waals surface area contributed by atoms with Crippen LogP contribution in [0.2, 0.25) is 0 Å². The molecule has 1 aromatic heterocycles. The highest BCUT2D eigenvalue weighted by Gasteiger charge is 2.08. The molecule has 0 saturated heterocycles. The van der Waals surface area contributed by atoms with Crippen molar-refractivity contribution in [2.24, 2.45) is 0 Å². The van der Waals surface area contributed by atoms with Crippen molar-refractivity contribution in [3.05, 3.63) is 45.8 Å². The van der Waals surface area contributed by atoms with Crippen LogP contribution >= 0.6 is 0 Å². The molecule has 0 saturated carbocycles. The van der Waals surface area contributed by atoms with Crippen LogP contribution in [-0.2, 0) is 6.42 Å². The minimum Gasteiger partial charge on any atom is -0.423 e. The Morgan fingerprint density at radius 1 is 1.17 bits per heavy atom. The van der Waals surface area contributed by atoms with Crippen molar-refractivity contribution in [3.63, 3.8) is 0 Å². The maximum Gasteiger partial charge on any atom is 0.336 e. The Bertz CT molecular complexity index is 565. The van der Waals surface area contributed by atoms with E-state index in [1.165, 1.54) is 5.56 Å². The number of aryl methyl sites for hydroxylation is 1. The molecule has 1 heterocycles. The van der Waals surface area contributed by atoms with E-state index in [0.717, 1.165) is 17.4 Å². The summed E-state index contributed by atoms with van der Waals surface area (Å²) in [6.07, 6.45) is 0.950. The van der Waals surface area contributed by atoms with E-state index in [4.69, 9.17) is 4.42 Å². The number of benzene rings is 1. The molecule has 0 aliphatic carbocycles. The summed E-state index contributed by atoms with van der Waals surface area (Å²) in [7, 11) is 0. The van der Waals surface area contributed by atoms with Gasteiger partial charge in [0.1, 0.15) is 5.58 Å². The molecule has 0 aliphatic heterocycles. The van der Waals surface area contributed by atoms with E-state index in [1.807, 2.05) is 26.0 Å². The molecule has 2 aromatic rings. The lowest BCUT2D eigenvalue weighted by Gasteiger charge is -2.09. The predicted molar refractivity (Wildman–Crippen MR) is 77.3 cm³/mol. The van der Waals surface area contributed by atoms with Crippen molar-refractivity contribution in [3.8, 4) is 0 Å². The van der Waals surface area contributed by atoms with Crippen LogP contribution < -0.4 is 5.63 Å². The van der Waals surface area contributed by atoms with E-state index in [9.17, 15) is 4.79 Å². The van der Waals surface area contributed by atoms with E-state index in [2.05, 4.69) is 26.8 Å². The molecular formula is C16H22O2. The molecule has 98 valence electrons. The molecule has 2 heteroatoms. The summed E-state index contributed by atoms with van der Waals surface area (Å²) in [5, 5.41) is 1.05. The molecule has 0 amide bonds. The minimum absolute atomic E-state index is 0.260. The fraction of sp³-hybridized carbons (Fsp3) is 0.438. The molecule has 0 fully saturated rings. The minimum atomic E-state index is -0.260. The number of hydrogen-bond acceptors (Lipinski definition) is 2. The molecule has 0 aliphatic rings. The third kappa shape index (κ3) is 3.00. The van der Waals surface area contributed by atoms with Crippen molar-refractivity contribution in [2.75, 3.05) is 0 Å². The van der Waals surface area contributed by atoms with E-state index < -0.39 is 0 Å². The topological polar surface area (TPSA) is 30.2 Å². The van der Waals surface area contributed by atoms with Crippen molar-refractivity contribution in [1.82, 2.24) is 0 Å². The summed E-state index contributed by atoms with van der Waals surface area (Å²) in [5.74, 6) is 0.332. The quantitative estimate of drug-likeness (QED) is 0.730. The Balaban J connectivity index is 0.000000771. The molecule has 0 spiro atoms.